The fourth-order valence-electron chi connectivity index (χ4n) is 6.54. The van der Waals surface area contributed by atoms with Crippen LogP contribution in [0.25, 0.3) is 0 Å². The van der Waals surface area contributed by atoms with Crippen LogP contribution in [0.3, 0.4) is 0 Å². The summed E-state index contributed by atoms with van der Waals surface area (Å²) >= 11 is 6.22. The normalized spacial score (nSPS) is 20.1. The number of fused-ring (bicyclic) bond motifs is 1. The summed E-state index contributed by atoms with van der Waals surface area (Å²) in [7, 11) is 0. The molecule has 0 bridgehead atoms. The minimum Gasteiger partial charge on any atom is -0.345 e. The Morgan fingerprint density at radius 3 is 2.52 bits per heavy atom. The lowest BCUT2D eigenvalue weighted by molar-refractivity contribution is 0.0712. The van der Waals surface area contributed by atoms with Crippen molar-refractivity contribution in [3.05, 3.63) is 105 Å². The van der Waals surface area contributed by atoms with Gasteiger partial charge in [0.15, 0.2) is 0 Å². The van der Waals surface area contributed by atoms with Crippen LogP contribution in [0, 0.1) is 17.0 Å². The lowest BCUT2D eigenvalue weighted by Gasteiger charge is -2.39. The van der Waals surface area contributed by atoms with Gasteiger partial charge in [-0.25, -0.2) is 8.78 Å². The van der Waals surface area contributed by atoms with Gasteiger partial charge in [0.05, 0.1) is 16.6 Å². The summed E-state index contributed by atoms with van der Waals surface area (Å²) in [6.45, 7) is 3.55. The molecule has 1 unspecified atom stereocenters. The Labute approximate surface area is 238 Å². The third-order valence-electron chi connectivity index (χ3n) is 8.95. The topological polar surface area (TPSA) is 52.7 Å². The Bertz CT molecular complexity index is 1450. The lowest BCUT2D eigenvalue weighted by atomic mass is 9.77. The molecule has 0 saturated carbocycles. The quantitative estimate of drug-likeness (QED) is 0.404. The molecule has 1 N–H and O–H groups in total. The average Bonchev–Trinajstić information content (AvgIpc) is 3.55. The van der Waals surface area contributed by atoms with Crippen LogP contribution >= 0.6 is 11.6 Å². The number of nitrogens with zero attached hydrogens (tertiary/aromatic N) is 2. The second kappa shape index (κ2) is 10.9. The second-order valence-corrected chi connectivity index (χ2v) is 11.9. The van der Waals surface area contributed by atoms with Crippen LogP contribution in [-0.4, -0.2) is 47.8 Å². The number of piperidine rings is 1. The molecule has 40 heavy (non-hydrogen) atoms. The lowest BCUT2D eigenvalue weighted by Crippen LogP contribution is -2.42. The largest absolute Gasteiger partial charge is 0.345 e. The molecular formula is C32H32ClF2N3O2. The van der Waals surface area contributed by atoms with Crippen LogP contribution in [0.5, 0.6) is 0 Å². The summed E-state index contributed by atoms with van der Waals surface area (Å²) in [6.07, 6.45) is 4.48. The molecule has 3 aromatic carbocycles. The Morgan fingerprint density at radius 1 is 0.975 bits per heavy atom. The molecule has 1 spiro atoms. The SMILES string of the molecule is O=C(NC1CCc2ccc(C(=O)N3CCC4(CCN(Cc5ccc(F)cc5F)CC4)C3)cc21)c1ccccc1Cl. The molecule has 0 aromatic heterocycles. The third-order valence-corrected chi connectivity index (χ3v) is 9.28. The van der Waals surface area contributed by atoms with E-state index < -0.39 is 11.6 Å². The number of halogens is 3. The first-order valence-corrected chi connectivity index (χ1v) is 14.3. The number of nitrogens with one attached hydrogen (secondary N) is 1. The van der Waals surface area contributed by atoms with Crippen molar-refractivity contribution < 1.29 is 18.4 Å². The second-order valence-electron chi connectivity index (χ2n) is 11.4. The molecule has 1 aliphatic carbocycles. The van der Waals surface area contributed by atoms with E-state index in [-0.39, 0.29) is 23.3 Å². The van der Waals surface area contributed by atoms with E-state index in [1.807, 2.05) is 23.1 Å². The van der Waals surface area contributed by atoms with Gasteiger partial charge < -0.3 is 10.2 Å². The van der Waals surface area contributed by atoms with E-state index in [4.69, 9.17) is 11.6 Å². The molecule has 5 nitrogen and oxygen atoms in total. The van der Waals surface area contributed by atoms with Gasteiger partial charge in [-0.05, 0) is 92.1 Å². The molecule has 8 heteroatoms. The smallest absolute Gasteiger partial charge is 0.253 e. The summed E-state index contributed by atoms with van der Waals surface area (Å²) in [6, 6.07) is 16.5. The minimum atomic E-state index is -0.560. The maximum Gasteiger partial charge on any atom is 0.253 e. The van der Waals surface area contributed by atoms with Crippen LogP contribution in [0.2, 0.25) is 5.02 Å². The number of benzene rings is 3. The zero-order chi connectivity index (χ0) is 27.9. The first kappa shape index (κ1) is 26.9. The summed E-state index contributed by atoms with van der Waals surface area (Å²) in [4.78, 5) is 30.6. The molecule has 2 amide bonds. The van der Waals surface area contributed by atoms with Gasteiger partial charge >= 0.3 is 0 Å². The van der Waals surface area contributed by atoms with Gasteiger partial charge in [-0.1, -0.05) is 35.9 Å². The van der Waals surface area contributed by atoms with Crippen molar-refractivity contribution in [1.82, 2.24) is 15.1 Å². The molecule has 208 valence electrons. The average molecular weight is 564 g/mol. The van der Waals surface area contributed by atoms with Gasteiger partial charge in [-0.15, -0.1) is 0 Å². The van der Waals surface area contributed by atoms with Gasteiger partial charge in [0.25, 0.3) is 11.8 Å². The summed E-state index contributed by atoms with van der Waals surface area (Å²) in [5, 5.41) is 3.52. The number of rotatable bonds is 5. The highest BCUT2D eigenvalue weighted by Gasteiger charge is 2.42. The predicted octanol–water partition coefficient (Wildman–Crippen LogP) is 6.16. The first-order valence-electron chi connectivity index (χ1n) is 13.9. The molecule has 3 aromatic rings. The maximum absolute atomic E-state index is 14.1. The van der Waals surface area contributed by atoms with Gasteiger partial charge in [-0.3, -0.25) is 14.5 Å². The molecule has 0 radical (unpaired) electrons. The highest BCUT2D eigenvalue weighted by atomic mass is 35.5. The monoisotopic (exact) mass is 563 g/mol. The third kappa shape index (κ3) is 5.37. The number of hydrogen-bond donors (Lipinski definition) is 1. The Hall–Kier alpha value is -3.29. The summed E-state index contributed by atoms with van der Waals surface area (Å²) < 4.78 is 27.4. The van der Waals surface area contributed by atoms with Crippen molar-refractivity contribution in [1.29, 1.82) is 0 Å². The van der Waals surface area contributed by atoms with E-state index in [1.54, 1.807) is 24.3 Å². The molecule has 6 rings (SSSR count). The molecule has 1 atom stereocenters. The summed E-state index contributed by atoms with van der Waals surface area (Å²) in [5.41, 5.74) is 3.85. The zero-order valence-electron chi connectivity index (χ0n) is 22.3. The van der Waals surface area contributed by atoms with Crippen molar-refractivity contribution in [3.8, 4) is 0 Å². The van der Waals surface area contributed by atoms with Gasteiger partial charge in [0.1, 0.15) is 11.6 Å². The van der Waals surface area contributed by atoms with Crippen molar-refractivity contribution in [2.45, 2.75) is 44.7 Å². The van der Waals surface area contributed by atoms with Gasteiger partial charge in [0.2, 0.25) is 0 Å². The first-order chi connectivity index (χ1) is 19.3. The molecule has 3 aliphatic rings. The standard InChI is InChI=1S/C32H32ClF2N3O2/c33-27-4-2-1-3-25(27)30(39)36-29-10-8-21-5-6-22(17-26(21)29)31(40)38-16-13-32(20-38)11-14-37(15-12-32)19-23-7-9-24(34)18-28(23)35/h1-7,9,17-18,29H,8,10-16,19-20H2,(H,36,39). The fourth-order valence-corrected chi connectivity index (χ4v) is 6.76. The Balaban J connectivity index is 1.08. The number of hydrogen-bond acceptors (Lipinski definition) is 3. The number of carbonyl (C=O) groups excluding carboxylic acids is 2. The highest BCUT2D eigenvalue weighted by Crippen LogP contribution is 2.41. The minimum absolute atomic E-state index is 0.0265. The number of carbonyl (C=O) groups is 2. The van der Waals surface area contributed by atoms with E-state index in [1.165, 1.54) is 12.1 Å². The van der Waals surface area contributed by atoms with Crippen LogP contribution < -0.4 is 5.32 Å². The van der Waals surface area contributed by atoms with Crippen LogP contribution in [0.1, 0.15) is 69.1 Å². The van der Waals surface area contributed by atoms with Crippen molar-refractivity contribution in [2.24, 2.45) is 5.41 Å². The predicted molar refractivity (Wildman–Crippen MR) is 150 cm³/mol. The fraction of sp³-hybridized carbons (Fsp3) is 0.375. The Morgan fingerprint density at radius 2 is 1.75 bits per heavy atom. The van der Waals surface area contributed by atoms with Crippen molar-refractivity contribution >= 4 is 23.4 Å². The molecule has 2 heterocycles. The number of likely N-dealkylation sites (tertiary alicyclic amines) is 2. The van der Waals surface area contributed by atoms with Crippen LogP contribution in [-0.2, 0) is 13.0 Å². The van der Waals surface area contributed by atoms with E-state index in [2.05, 4.69) is 10.2 Å². The van der Waals surface area contributed by atoms with E-state index in [0.717, 1.165) is 68.9 Å². The summed E-state index contributed by atoms with van der Waals surface area (Å²) in [5.74, 6) is -1.25. The van der Waals surface area contributed by atoms with Crippen molar-refractivity contribution in [2.75, 3.05) is 26.2 Å². The zero-order valence-corrected chi connectivity index (χ0v) is 23.0. The molecule has 2 aliphatic heterocycles. The Kier molecular flexibility index (Phi) is 7.36. The number of aryl methyl sites for hydroxylation is 1. The van der Waals surface area contributed by atoms with E-state index in [9.17, 15) is 18.4 Å². The van der Waals surface area contributed by atoms with Crippen LogP contribution in [0.15, 0.2) is 60.7 Å². The molecule has 2 saturated heterocycles. The van der Waals surface area contributed by atoms with Crippen LogP contribution in [0.4, 0.5) is 8.78 Å². The number of amides is 2. The van der Waals surface area contributed by atoms with Gasteiger partial charge in [0, 0.05) is 36.8 Å². The van der Waals surface area contributed by atoms with E-state index >= 15 is 0 Å². The van der Waals surface area contributed by atoms with Gasteiger partial charge in [-0.2, -0.15) is 0 Å². The van der Waals surface area contributed by atoms with Crippen molar-refractivity contribution in [3.63, 3.8) is 0 Å². The molecular weight excluding hydrogens is 532 g/mol. The molecule has 2 fully saturated rings. The highest BCUT2D eigenvalue weighted by molar-refractivity contribution is 6.33. The van der Waals surface area contributed by atoms with E-state index in [0.29, 0.717) is 34.8 Å². The maximum atomic E-state index is 14.1.